The summed E-state index contributed by atoms with van der Waals surface area (Å²) in [5, 5.41) is 1.03. The van der Waals surface area contributed by atoms with Crippen LogP contribution in [0.3, 0.4) is 0 Å². The molecular formula is C6H14S2Si. The van der Waals surface area contributed by atoms with Gasteiger partial charge in [-0.3, -0.25) is 0 Å². The van der Waals surface area contributed by atoms with E-state index in [9.17, 15) is 0 Å². The molecule has 0 aromatic carbocycles. The van der Waals surface area contributed by atoms with Gasteiger partial charge in [0, 0.05) is 16.8 Å². The van der Waals surface area contributed by atoms with Crippen LogP contribution in [0.1, 0.15) is 0 Å². The lowest BCUT2D eigenvalue weighted by molar-refractivity contribution is 1.27. The first-order valence-corrected chi connectivity index (χ1v) is 9.59. The molecule has 1 fully saturated rings. The molecular weight excluding hydrogens is 164 g/mol. The fourth-order valence-electron chi connectivity index (χ4n) is 0.507. The molecule has 0 bridgehead atoms. The fourth-order valence-corrected chi connectivity index (χ4v) is 4.77. The minimum atomic E-state index is -0.777. The van der Waals surface area contributed by atoms with Crippen LogP contribution in [0, 0.1) is 0 Å². The zero-order valence-corrected chi connectivity index (χ0v) is 8.94. The van der Waals surface area contributed by atoms with Crippen LogP contribution >= 0.6 is 23.0 Å². The van der Waals surface area contributed by atoms with Gasteiger partial charge in [0.25, 0.3) is 0 Å². The summed E-state index contributed by atoms with van der Waals surface area (Å²) in [4.78, 5) is 0. The summed E-state index contributed by atoms with van der Waals surface area (Å²) in [5.74, 6) is 2.85. The highest BCUT2D eigenvalue weighted by Crippen LogP contribution is 2.35. The molecule has 0 saturated carbocycles. The second-order valence-electron chi connectivity index (χ2n) is 3.38. The van der Waals surface area contributed by atoms with E-state index in [1.807, 2.05) is 0 Å². The second-order valence-corrected chi connectivity index (χ2v) is 14.1. The molecule has 1 atom stereocenters. The molecule has 0 spiro atoms. The highest BCUT2D eigenvalue weighted by Gasteiger charge is 2.25. The molecule has 9 heavy (non-hydrogen) atoms. The molecule has 1 aliphatic heterocycles. The number of thioether (sulfide) groups is 1. The van der Waals surface area contributed by atoms with Crippen LogP contribution in [0.5, 0.6) is 0 Å². The average molecular weight is 178 g/mol. The fraction of sp³-hybridized carbons (Fsp3) is 1.00. The SMILES string of the molecule is C[Si](C)(C)SCC1CS1. The van der Waals surface area contributed by atoms with Gasteiger partial charge in [-0.25, -0.2) is 0 Å². The molecule has 1 aliphatic rings. The molecule has 0 aliphatic carbocycles. The van der Waals surface area contributed by atoms with Gasteiger partial charge in [0.1, 0.15) is 7.22 Å². The van der Waals surface area contributed by atoms with E-state index in [0.29, 0.717) is 0 Å². The van der Waals surface area contributed by atoms with Gasteiger partial charge in [-0.1, -0.05) is 19.6 Å². The first-order valence-electron chi connectivity index (χ1n) is 3.33. The molecule has 1 saturated heterocycles. The smallest absolute Gasteiger partial charge is 0.108 e. The van der Waals surface area contributed by atoms with Crippen molar-refractivity contribution in [3.63, 3.8) is 0 Å². The Kier molecular flexibility index (Phi) is 2.57. The Labute approximate surface area is 66.8 Å². The van der Waals surface area contributed by atoms with E-state index in [4.69, 9.17) is 0 Å². The third kappa shape index (κ3) is 4.34. The van der Waals surface area contributed by atoms with Crippen molar-refractivity contribution in [1.29, 1.82) is 0 Å². The zero-order valence-electron chi connectivity index (χ0n) is 6.31. The summed E-state index contributed by atoms with van der Waals surface area (Å²) >= 11 is 4.33. The molecule has 54 valence electrons. The topological polar surface area (TPSA) is 0 Å². The quantitative estimate of drug-likeness (QED) is 0.481. The van der Waals surface area contributed by atoms with Crippen molar-refractivity contribution in [3.05, 3.63) is 0 Å². The van der Waals surface area contributed by atoms with Crippen LogP contribution in [0.15, 0.2) is 0 Å². The van der Waals surface area contributed by atoms with Gasteiger partial charge >= 0.3 is 0 Å². The summed E-state index contributed by atoms with van der Waals surface area (Å²) in [7, 11) is -0.777. The van der Waals surface area contributed by atoms with Gasteiger partial charge in [-0.15, -0.1) is 0 Å². The van der Waals surface area contributed by atoms with Crippen molar-refractivity contribution in [2.24, 2.45) is 0 Å². The van der Waals surface area contributed by atoms with E-state index in [2.05, 4.69) is 42.6 Å². The second kappa shape index (κ2) is 2.89. The third-order valence-electron chi connectivity index (χ3n) is 1.10. The van der Waals surface area contributed by atoms with Crippen molar-refractivity contribution < 1.29 is 0 Å². The highest BCUT2D eigenvalue weighted by molar-refractivity contribution is 8.29. The number of hydrogen-bond acceptors (Lipinski definition) is 2. The minimum Gasteiger partial charge on any atom is -0.185 e. The Morgan fingerprint density at radius 1 is 1.56 bits per heavy atom. The van der Waals surface area contributed by atoms with Crippen LogP contribution in [-0.4, -0.2) is 24.0 Å². The molecule has 0 aromatic heterocycles. The van der Waals surface area contributed by atoms with E-state index >= 15 is 0 Å². The van der Waals surface area contributed by atoms with Gasteiger partial charge in [0.2, 0.25) is 0 Å². The van der Waals surface area contributed by atoms with E-state index in [0.717, 1.165) is 5.25 Å². The van der Waals surface area contributed by atoms with E-state index < -0.39 is 7.22 Å². The maximum atomic E-state index is 2.42. The van der Waals surface area contributed by atoms with E-state index in [1.165, 1.54) is 11.5 Å². The standard InChI is InChI=1S/C6H14S2Si/c1-9(2,3)8-5-6-4-7-6/h6H,4-5H2,1-3H3. The Bertz CT molecular complexity index is 93.7. The minimum absolute atomic E-state index is 0.777. The Balaban J connectivity index is 2.03. The molecule has 3 heteroatoms. The summed E-state index contributed by atoms with van der Waals surface area (Å²) in [6, 6.07) is 0. The van der Waals surface area contributed by atoms with E-state index in [1.54, 1.807) is 0 Å². The third-order valence-corrected chi connectivity index (χ3v) is 6.82. The number of hydrogen-bond donors (Lipinski definition) is 0. The predicted octanol–water partition coefficient (Wildman–Crippen LogP) is 2.67. The molecule has 0 nitrogen and oxygen atoms in total. The van der Waals surface area contributed by atoms with Gasteiger partial charge in [0.15, 0.2) is 0 Å². The van der Waals surface area contributed by atoms with Gasteiger partial charge in [0.05, 0.1) is 0 Å². The summed E-state index contributed by atoms with van der Waals surface area (Å²) in [6.07, 6.45) is 0. The Morgan fingerprint density at radius 3 is 2.44 bits per heavy atom. The molecule has 0 radical (unpaired) electrons. The van der Waals surface area contributed by atoms with Crippen molar-refractivity contribution in [1.82, 2.24) is 0 Å². The lowest BCUT2D eigenvalue weighted by Gasteiger charge is -2.13. The van der Waals surface area contributed by atoms with Crippen molar-refractivity contribution in [2.75, 3.05) is 11.5 Å². The molecule has 0 N–H and O–H groups in total. The predicted molar refractivity (Wildman–Crippen MR) is 52.1 cm³/mol. The van der Waals surface area contributed by atoms with Crippen molar-refractivity contribution in [2.45, 2.75) is 24.9 Å². The van der Waals surface area contributed by atoms with E-state index in [-0.39, 0.29) is 0 Å². The summed E-state index contributed by atoms with van der Waals surface area (Å²) in [5.41, 5.74) is 0. The summed E-state index contributed by atoms with van der Waals surface area (Å²) in [6.45, 7) is 7.26. The van der Waals surface area contributed by atoms with Crippen molar-refractivity contribution >= 4 is 30.2 Å². The molecule has 0 amide bonds. The molecule has 0 aromatic rings. The lowest BCUT2D eigenvalue weighted by Crippen LogP contribution is -2.15. The van der Waals surface area contributed by atoms with Gasteiger partial charge in [-0.2, -0.15) is 23.0 Å². The highest BCUT2D eigenvalue weighted by atomic mass is 32.4. The lowest BCUT2D eigenvalue weighted by atomic mass is 10.6. The maximum absolute atomic E-state index is 2.42. The van der Waals surface area contributed by atoms with Crippen LogP contribution in [-0.2, 0) is 0 Å². The monoisotopic (exact) mass is 178 g/mol. The molecule has 1 heterocycles. The zero-order chi connectivity index (χ0) is 6.91. The van der Waals surface area contributed by atoms with Crippen molar-refractivity contribution in [3.8, 4) is 0 Å². The maximum Gasteiger partial charge on any atom is 0.108 e. The summed E-state index contributed by atoms with van der Waals surface area (Å²) < 4.78 is 0. The molecule has 1 unspecified atom stereocenters. The first-order chi connectivity index (χ1) is 4.08. The molecule has 1 rings (SSSR count). The average Bonchev–Trinajstić information content (AvgIpc) is 2.38. The van der Waals surface area contributed by atoms with Gasteiger partial charge < -0.3 is 0 Å². The van der Waals surface area contributed by atoms with Crippen LogP contribution < -0.4 is 0 Å². The normalized spacial score (nSPS) is 26.3. The largest absolute Gasteiger partial charge is 0.185 e. The first kappa shape index (κ1) is 8.02. The van der Waals surface area contributed by atoms with Crippen LogP contribution in [0.2, 0.25) is 19.6 Å². The van der Waals surface area contributed by atoms with Crippen LogP contribution in [0.4, 0.5) is 0 Å². The number of rotatable bonds is 3. The Morgan fingerprint density at radius 2 is 2.11 bits per heavy atom. The Hall–Kier alpha value is 0.917. The van der Waals surface area contributed by atoms with Gasteiger partial charge in [-0.05, 0) is 0 Å². The van der Waals surface area contributed by atoms with Crippen LogP contribution in [0.25, 0.3) is 0 Å².